The van der Waals surface area contributed by atoms with Crippen LogP contribution in [-0.2, 0) is 0 Å². The van der Waals surface area contributed by atoms with E-state index in [1.807, 2.05) is 12.1 Å². The number of halogens is 1. The molecule has 0 bridgehead atoms. The molecule has 0 unspecified atom stereocenters. The van der Waals surface area contributed by atoms with Crippen molar-refractivity contribution in [3.8, 4) is 12.1 Å². The van der Waals surface area contributed by atoms with E-state index in [1.54, 1.807) is 6.07 Å². The van der Waals surface area contributed by atoms with Crippen LogP contribution in [0.2, 0.25) is 0 Å². The molecule has 0 amide bonds. The molecule has 2 saturated carbocycles. The summed E-state index contributed by atoms with van der Waals surface area (Å²) in [6.07, 6.45) is 10.3. The molecule has 0 spiro atoms. The molecule has 27 heavy (non-hydrogen) atoms. The molecule has 0 aliphatic heterocycles. The third-order valence-corrected chi connectivity index (χ3v) is 6.55. The molecule has 3 heteroatoms. The van der Waals surface area contributed by atoms with E-state index < -0.39 is 5.83 Å². The largest absolute Gasteiger partial charge is 0.196 e. The first-order valence-electron chi connectivity index (χ1n) is 10.1. The summed E-state index contributed by atoms with van der Waals surface area (Å²) < 4.78 is 13.1. The highest BCUT2D eigenvalue weighted by Crippen LogP contribution is 2.43. The predicted molar refractivity (Wildman–Crippen MR) is 105 cm³/mol. The summed E-state index contributed by atoms with van der Waals surface area (Å²) >= 11 is 0. The summed E-state index contributed by atoms with van der Waals surface area (Å²) in [7, 11) is 0. The van der Waals surface area contributed by atoms with Crippen molar-refractivity contribution in [1.29, 1.82) is 10.5 Å². The molecule has 0 N–H and O–H groups in total. The Labute approximate surface area is 162 Å². The number of benzene rings is 1. The van der Waals surface area contributed by atoms with Gasteiger partial charge in [-0.2, -0.15) is 14.9 Å². The first kappa shape index (κ1) is 19.4. The lowest BCUT2D eigenvalue weighted by Crippen LogP contribution is -2.22. The minimum atomic E-state index is -0.640. The predicted octanol–water partition coefficient (Wildman–Crippen LogP) is 6.57. The highest BCUT2D eigenvalue weighted by atomic mass is 19.1. The summed E-state index contributed by atoms with van der Waals surface area (Å²) in [6.45, 7) is 4.45. The smallest absolute Gasteiger partial charge is 0.195 e. The number of nitrogens with zero attached hydrogens (tertiary/aromatic N) is 2. The molecule has 140 valence electrons. The van der Waals surface area contributed by atoms with Crippen LogP contribution >= 0.6 is 0 Å². The number of rotatable bonds is 4. The second-order valence-corrected chi connectivity index (χ2v) is 8.10. The van der Waals surface area contributed by atoms with E-state index in [2.05, 4.69) is 24.8 Å². The van der Waals surface area contributed by atoms with E-state index >= 15 is 0 Å². The second kappa shape index (κ2) is 9.01. The van der Waals surface area contributed by atoms with Crippen LogP contribution in [0.1, 0.15) is 68.4 Å². The highest BCUT2D eigenvalue weighted by Gasteiger charge is 2.29. The van der Waals surface area contributed by atoms with Crippen LogP contribution in [-0.4, -0.2) is 0 Å². The van der Waals surface area contributed by atoms with Gasteiger partial charge in [-0.3, -0.25) is 0 Å². The summed E-state index contributed by atoms with van der Waals surface area (Å²) in [4.78, 5) is 0. The van der Waals surface area contributed by atoms with Crippen LogP contribution in [0.25, 0.3) is 0 Å². The Morgan fingerprint density at radius 3 is 2.00 bits per heavy atom. The minimum absolute atomic E-state index is 0.209. The fourth-order valence-corrected chi connectivity index (χ4v) is 4.86. The van der Waals surface area contributed by atoms with Crippen molar-refractivity contribution in [3.05, 3.63) is 59.4 Å². The van der Waals surface area contributed by atoms with Crippen molar-refractivity contribution in [1.82, 2.24) is 0 Å². The molecule has 2 fully saturated rings. The maximum absolute atomic E-state index is 13.1. The van der Waals surface area contributed by atoms with Crippen LogP contribution < -0.4 is 0 Å². The van der Waals surface area contributed by atoms with Crippen molar-refractivity contribution in [2.24, 2.45) is 17.8 Å². The van der Waals surface area contributed by atoms with Crippen molar-refractivity contribution >= 4 is 0 Å². The monoisotopic (exact) mass is 362 g/mol. The normalized spacial score (nSPS) is 28.8. The van der Waals surface area contributed by atoms with Crippen molar-refractivity contribution in [2.45, 2.75) is 57.3 Å². The van der Waals surface area contributed by atoms with Gasteiger partial charge in [-0.1, -0.05) is 24.3 Å². The van der Waals surface area contributed by atoms with Gasteiger partial charge in [-0.15, -0.1) is 0 Å². The maximum Gasteiger partial charge on any atom is 0.196 e. The Kier molecular flexibility index (Phi) is 6.46. The Morgan fingerprint density at radius 2 is 1.48 bits per heavy atom. The Balaban J connectivity index is 1.49. The van der Waals surface area contributed by atoms with E-state index in [9.17, 15) is 4.39 Å². The molecule has 2 nitrogen and oxygen atoms in total. The zero-order valence-electron chi connectivity index (χ0n) is 15.8. The van der Waals surface area contributed by atoms with Crippen LogP contribution in [0.15, 0.2) is 48.3 Å². The van der Waals surface area contributed by atoms with E-state index in [0.29, 0.717) is 17.8 Å². The van der Waals surface area contributed by atoms with Crippen LogP contribution in [0.3, 0.4) is 0 Å². The molecule has 2 aliphatic rings. The zero-order valence-corrected chi connectivity index (χ0v) is 15.8. The Morgan fingerprint density at radius 1 is 0.926 bits per heavy atom. The molecule has 1 aromatic carbocycles. The third-order valence-electron chi connectivity index (χ3n) is 6.55. The van der Waals surface area contributed by atoms with E-state index in [-0.39, 0.29) is 5.92 Å². The van der Waals surface area contributed by atoms with Gasteiger partial charge < -0.3 is 0 Å². The lowest BCUT2D eigenvalue weighted by Gasteiger charge is -2.35. The average Bonchev–Trinajstić information content (AvgIpc) is 2.74. The fourth-order valence-electron chi connectivity index (χ4n) is 4.86. The molecular formula is C24H27FN2. The number of allylic oxidation sites excluding steroid dienone is 3. The molecule has 1 aromatic rings. The SMILES string of the molecule is C=C(C1CCC(/C=C(\F)C#N)CC1)C1CCC(c2ccc(C#N)cc2)CC1. The standard InChI is InChI=1S/C24H27FN2/c1-17(20-6-2-18(3-7-20)14-24(25)16-27)21-10-12-23(13-11-21)22-8-4-19(15-26)5-9-22/h4-5,8-9,14,18,20-21,23H,1-3,6-7,10-13H2/b24-14-. The average molecular weight is 362 g/mol. The summed E-state index contributed by atoms with van der Waals surface area (Å²) in [6, 6.07) is 11.8. The van der Waals surface area contributed by atoms with E-state index in [0.717, 1.165) is 31.2 Å². The van der Waals surface area contributed by atoms with Gasteiger partial charge >= 0.3 is 0 Å². The minimum Gasteiger partial charge on any atom is -0.195 e. The topological polar surface area (TPSA) is 47.6 Å². The van der Waals surface area contributed by atoms with Gasteiger partial charge in [0.1, 0.15) is 6.07 Å². The lowest BCUT2D eigenvalue weighted by atomic mass is 9.70. The summed E-state index contributed by atoms with van der Waals surface area (Å²) in [5.41, 5.74) is 3.47. The van der Waals surface area contributed by atoms with Gasteiger partial charge in [0.2, 0.25) is 0 Å². The molecule has 0 radical (unpaired) electrons. The van der Waals surface area contributed by atoms with Crippen molar-refractivity contribution < 1.29 is 4.39 Å². The van der Waals surface area contributed by atoms with Crippen LogP contribution in [0, 0.1) is 40.4 Å². The van der Waals surface area contributed by atoms with Crippen molar-refractivity contribution in [3.63, 3.8) is 0 Å². The molecule has 0 heterocycles. The molecule has 0 saturated heterocycles. The van der Waals surface area contributed by atoms with Gasteiger partial charge in [0, 0.05) is 0 Å². The van der Waals surface area contributed by atoms with Crippen LogP contribution in [0.4, 0.5) is 4.39 Å². The van der Waals surface area contributed by atoms with Gasteiger partial charge in [-0.05, 0) is 98.8 Å². The number of nitriles is 2. The number of hydrogen-bond acceptors (Lipinski definition) is 2. The van der Waals surface area contributed by atoms with Gasteiger partial charge in [-0.25, -0.2) is 0 Å². The fraction of sp³-hybridized carbons (Fsp3) is 0.500. The summed E-state index contributed by atoms with van der Waals surface area (Å²) in [5.74, 6) is 1.32. The highest BCUT2D eigenvalue weighted by molar-refractivity contribution is 5.33. The Hall–Kier alpha value is -2.39. The summed E-state index contributed by atoms with van der Waals surface area (Å²) in [5, 5.41) is 17.5. The first-order valence-corrected chi connectivity index (χ1v) is 10.1. The quantitative estimate of drug-likeness (QED) is 0.449. The van der Waals surface area contributed by atoms with Crippen molar-refractivity contribution in [2.75, 3.05) is 0 Å². The van der Waals surface area contributed by atoms with Crippen LogP contribution in [0.5, 0.6) is 0 Å². The van der Waals surface area contributed by atoms with Gasteiger partial charge in [0.25, 0.3) is 0 Å². The first-order chi connectivity index (χ1) is 13.1. The zero-order chi connectivity index (χ0) is 19.2. The molecule has 2 aliphatic carbocycles. The molecule has 0 aromatic heterocycles. The Bertz CT molecular complexity index is 762. The number of hydrogen-bond donors (Lipinski definition) is 0. The molecule has 0 atom stereocenters. The second-order valence-electron chi connectivity index (χ2n) is 8.10. The molecular weight excluding hydrogens is 335 g/mol. The van der Waals surface area contributed by atoms with Gasteiger partial charge in [0.05, 0.1) is 11.6 Å². The molecule has 3 rings (SSSR count). The van der Waals surface area contributed by atoms with E-state index in [1.165, 1.54) is 42.9 Å². The lowest BCUT2D eigenvalue weighted by molar-refractivity contribution is 0.289. The van der Waals surface area contributed by atoms with Gasteiger partial charge in [0.15, 0.2) is 5.83 Å². The van der Waals surface area contributed by atoms with E-state index in [4.69, 9.17) is 10.5 Å². The maximum atomic E-state index is 13.1. The third kappa shape index (κ3) is 4.86.